The van der Waals surface area contributed by atoms with Crippen molar-refractivity contribution in [1.82, 2.24) is 4.90 Å². The van der Waals surface area contributed by atoms with E-state index < -0.39 is 0 Å². The molecule has 82 valence electrons. The molecule has 2 N–H and O–H groups in total. The molecular formula is C11H22N2O. The summed E-state index contributed by atoms with van der Waals surface area (Å²) in [7, 11) is 0. The molecule has 0 aromatic heterocycles. The van der Waals surface area contributed by atoms with E-state index in [0.717, 1.165) is 25.8 Å². The molecule has 1 aliphatic heterocycles. The molecule has 14 heavy (non-hydrogen) atoms. The van der Waals surface area contributed by atoms with Crippen LogP contribution in [0.5, 0.6) is 0 Å². The molecule has 0 saturated carbocycles. The Kier molecular flexibility index (Phi) is 4.94. The lowest BCUT2D eigenvalue weighted by molar-refractivity contribution is -0.132. The summed E-state index contributed by atoms with van der Waals surface area (Å²) < 4.78 is 0. The minimum Gasteiger partial charge on any atom is -0.340 e. The van der Waals surface area contributed by atoms with Gasteiger partial charge in [0.25, 0.3) is 0 Å². The molecule has 1 heterocycles. The Bertz CT molecular complexity index is 182. The van der Waals surface area contributed by atoms with Crippen LogP contribution in [-0.2, 0) is 4.79 Å². The highest BCUT2D eigenvalue weighted by atomic mass is 16.2. The summed E-state index contributed by atoms with van der Waals surface area (Å²) in [5, 5.41) is 0. The second-order valence-electron chi connectivity index (χ2n) is 4.04. The average Bonchev–Trinajstić information content (AvgIpc) is 2.65. The molecule has 1 aliphatic rings. The Labute approximate surface area is 86.6 Å². The Morgan fingerprint density at radius 2 is 2.29 bits per heavy atom. The fourth-order valence-corrected chi connectivity index (χ4v) is 2.15. The van der Waals surface area contributed by atoms with E-state index in [2.05, 4.69) is 11.8 Å². The molecule has 1 unspecified atom stereocenters. The van der Waals surface area contributed by atoms with Gasteiger partial charge in [0, 0.05) is 19.0 Å². The molecule has 1 rings (SSSR count). The number of carbonyl (C=O) groups is 1. The topological polar surface area (TPSA) is 46.3 Å². The van der Waals surface area contributed by atoms with Crippen LogP contribution in [-0.4, -0.2) is 29.9 Å². The minimum absolute atomic E-state index is 0.336. The zero-order valence-electron chi connectivity index (χ0n) is 9.17. The Hall–Kier alpha value is -0.570. The van der Waals surface area contributed by atoms with E-state index in [1.54, 1.807) is 0 Å². The highest BCUT2D eigenvalue weighted by Gasteiger charge is 2.26. The molecular weight excluding hydrogens is 176 g/mol. The van der Waals surface area contributed by atoms with Crippen LogP contribution >= 0.6 is 0 Å². The lowest BCUT2D eigenvalue weighted by Crippen LogP contribution is -2.34. The van der Waals surface area contributed by atoms with Crippen molar-refractivity contribution < 1.29 is 4.79 Å². The number of amides is 1. The van der Waals surface area contributed by atoms with E-state index in [4.69, 9.17) is 5.73 Å². The standard InChI is InChI=1S/C11H22N2O/c1-2-10-6-5-9-13(10)11(14)7-3-4-8-12/h10H,2-9,12H2,1H3. The maximum atomic E-state index is 11.8. The quantitative estimate of drug-likeness (QED) is 0.681. The van der Waals surface area contributed by atoms with Gasteiger partial charge in [-0.25, -0.2) is 0 Å². The second kappa shape index (κ2) is 6.02. The number of nitrogens with zero attached hydrogens (tertiary/aromatic N) is 1. The van der Waals surface area contributed by atoms with E-state index in [1.165, 1.54) is 12.8 Å². The van der Waals surface area contributed by atoms with Crippen LogP contribution in [0, 0.1) is 0 Å². The van der Waals surface area contributed by atoms with Crippen molar-refractivity contribution in [2.24, 2.45) is 5.73 Å². The van der Waals surface area contributed by atoms with Crippen LogP contribution in [0.25, 0.3) is 0 Å². The van der Waals surface area contributed by atoms with Gasteiger partial charge >= 0.3 is 0 Å². The number of nitrogens with two attached hydrogens (primary N) is 1. The molecule has 1 atom stereocenters. The van der Waals surface area contributed by atoms with Crippen LogP contribution in [0.4, 0.5) is 0 Å². The zero-order valence-corrected chi connectivity index (χ0v) is 9.17. The summed E-state index contributed by atoms with van der Waals surface area (Å²) >= 11 is 0. The first-order valence-electron chi connectivity index (χ1n) is 5.79. The average molecular weight is 198 g/mol. The fourth-order valence-electron chi connectivity index (χ4n) is 2.15. The van der Waals surface area contributed by atoms with Crippen molar-refractivity contribution in [3.05, 3.63) is 0 Å². The SMILES string of the molecule is CCC1CCCN1C(=O)CCCCN. The van der Waals surface area contributed by atoms with Crippen molar-refractivity contribution in [2.75, 3.05) is 13.1 Å². The number of hydrogen-bond acceptors (Lipinski definition) is 2. The van der Waals surface area contributed by atoms with Gasteiger partial charge in [-0.2, -0.15) is 0 Å². The molecule has 0 radical (unpaired) electrons. The van der Waals surface area contributed by atoms with Gasteiger partial charge in [0.2, 0.25) is 5.91 Å². The maximum Gasteiger partial charge on any atom is 0.222 e. The molecule has 1 fully saturated rings. The van der Waals surface area contributed by atoms with Crippen LogP contribution < -0.4 is 5.73 Å². The summed E-state index contributed by atoms with van der Waals surface area (Å²) in [5.41, 5.74) is 5.40. The van der Waals surface area contributed by atoms with Gasteiger partial charge in [-0.3, -0.25) is 4.79 Å². The summed E-state index contributed by atoms with van der Waals surface area (Å²) in [5.74, 6) is 0.336. The molecule has 0 bridgehead atoms. The van der Waals surface area contributed by atoms with Crippen LogP contribution in [0.1, 0.15) is 45.4 Å². The van der Waals surface area contributed by atoms with Crippen molar-refractivity contribution in [3.8, 4) is 0 Å². The Balaban J connectivity index is 2.28. The van der Waals surface area contributed by atoms with Gasteiger partial charge in [0.05, 0.1) is 0 Å². The summed E-state index contributed by atoms with van der Waals surface area (Å²) in [6.45, 7) is 3.83. The molecule has 3 heteroatoms. The predicted octanol–water partition coefficient (Wildman–Crippen LogP) is 1.52. The molecule has 0 aliphatic carbocycles. The molecule has 1 saturated heterocycles. The first-order chi connectivity index (χ1) is 6.79. The van der Waals surface area contributed by atoms with Gasteiger partial charge in [0.15, 0.2) is 0 Å². The van der Waals surface area contributed by atoms with E-state index in [-0.39, 0.29) is 0 Å². The molecule has 1 amide bonds. The molecule has 0 spiro atoms. The first-order valence-corrected chi connectivity index (χ1v) is 5.79. The third-order valence-corrected chi connectivity index (χ3v) is 3.01. The first kappa shape index (κ1) is 11.5. The maximum absolute atomic E-state index is 11.8. The van der Waals surface area contributed by atoms with Gasteiger partial charge in [-0.15, -0.1) is 0 Å². The number of rotatable bonds is 5. The smallest absolute Gasteiger partial charge is 0.222 e. The van der Waals surface area contributed by atoms with Crippen LogP contribution in [0.15, 0.2) is 0 Å². The highest BCUT2D eigenvalue weighted by molar-refractivity contribution is 5.76. The number of unbranched alkanes of at least 4 members (excludes halogenated alkanes) is 1. The van der Waals surface area contributed by atoms with E-state index in [1.807, 2.05) is 0 Å². The van der Waals surface area contributed by atoms with Crippen LogP contribution in [0.3, 0.4) is 0 Å². The number of hydrogen-bond donors (Lipinski definition) is 1. The van der Waals surface area contributed by atoms with E-state index in [0.29, 0.717) is 24.9 Å². The van der Waals surface area contributed by atoms with Gasteiger partial charge in [-0.05, 0) is 38.6 Å². The third kappa shape index (κ3) is 2.98. The highest BCUT2D eigenvalue weighted by Crippen LogP contribution is 2.20. The Morgan fingerprint density at radius 1 is 1.50 bits per heavy atom. The van der Waals surface area contributed by atoms with Gasteiger partial charge in [-0.1, -0.05) is 6.92 Å². The summed E-state index contributed by atoms with van der Waals surface area (Å²) in [6, 6.07) is 0.514. The summed E-state index contributed by atoms with van der Waals surface area (Å²) in [6.07, 6.45) is 6.08. The van der Waals surface area contributed by atoms with E-state index >= 15 is 0 Å². The van der Waals surface area contributed by atoms with Gasteiger partial charge in [0.1, 0.15) is 0 Å². The molecule has 0 aromatic carbocycles. The van der Waals surface area contributed by atoms with Crippen LogP contribution in [0.2, 0.25) is 0 Å². The van der Waals surface area contributed by atoms with E-state index in [9.17, 15) is 4.79 Å². The lowest BCUT2D eigenvalue weighted by Gasteiger charge is -2.23. The lowest BCUT2D eigenvalue weighted by atomic mass is 10.1. The van der Waals surface area contributed by atoms with Gasteiger partial charge < -0.3 is 10.6 Å². The van der Waals surface area contributed by atoms with Crippen molar-refractivity contribution in [2.45, 2.75) is 51.5 Å². The van der Waals surface area contributed by atoms with Crippen molar-refractivity contribution >= 4 is 5.91 Å². The van der Waals surface area contributed by atoms with Crippen molar-refractivity contribution in [3.63, 3.8) is 0 Å². The number of carbonyl (C=O) groups excluding carboxylic acids is 1. The Morgan fingerprint density at radius 3 is 2.93 bits per heavy atom. The fraction of sp³-hybridized carbons (Fsp3) is 0.909. The predicted molar refractivity (Wildman–Crippen MR) is 57.9 cm³/mol. The third-order valence-electron chi connectivity index (χ3n) is 3.01. The minimum atomic E-state index is 0.336. The van der Waals surface area contributed by atoms with Crippen molar-refractivity contribution in [1.29, 1.82) is 0 Å². The second-order valence-corrected chi connectivity index (χ2v) is 4.04. The monoisotopic (exact) mass is 198 g/mol. The normalized spacial score (nSPS) is 21.6. The zero-order chi connectivity index (χ0) is 10.4. The number of likely N-dealkylation sites (tertiary alicyclic amines) is 1. The summed E-state index contributed by atoms with van der Waals surface area (Å²) in [4.78, 5) is 13.8. The molecule has 0 aromatic rings. The molecule has 3 nitrogen and oxygen atoms in total. The largest absolute Gasteiger partial charge is 0.340 e.